The second kappa shape index (κ2) is 10.9. The summed E-state index contributed by atoms with van der Waals surface area (Å²) in [5, 5.41) is 7.02. The molecule has 1 aliphatic heterocycles. The molecule has 5 rings (SSSR count). The van der Waals surface area contributed by atoms with Crippen LogP contribution in [-0.2, 0) is 0 Å². The van der Waals surface area contributed by atoms with Gasteiger partial charge in [0.2, 0.25) is 0 Å². The quantitative estimate of drug-likeness (QED) is 0.311. The van der Waals surface area contributed by atoms with E-state index in [1.807, 2.05) is 24.3 Å². The van der Waals surface area contributed by atoms with E-state index >= 15 is 0 Å². The molecule has 36 heavy (non-hydrogen) atoms. The van der Waals surface area contributed by atoms with Crippen LogP contribution in [0.3, 0.4) is 0 Å². The first kappa shape index (κ1) is 24.0. The number of anilines is 1. The third kappa shape index (κ3) is 5.58. The van der Waals surface area contributed by atoms with Gasteiger partial charge >= 0.3 is 0 Å². The van der Waals surface area contributed by atoms with Crippen molar-refractivity contribution in [1.29, 1.82) is 0 Å². The number of fused-ring (bicyclic) bond motifs is 1. The smallest absolute Gasteiger partial charge is 0.251 e. The number of benzene rings is 1. The number of amides is 1. The highest BCUT2D eigenvalue weighted by Crippen LogP contribution is 2.32. The van der Waals surface area contributed by atoms with E-state index in [1.165, 1.54) is 0 Å². The Bertz CT molecular complexity index is 1320. The topological polar surface area (TPSA) is 108 Å². The van der Waals surface area contributed by atoms with E-state index in [0.29, 0.717) is 47.0 Å². The average molecular weight is 506 g/mol. The molecule has 0 spiro atoms. The number of aromatic nitrogens is 4. The lowest BCUT2D eigenvalue weighted by atomic mass is 10.1. The first-order valence-corrected chi connectivity index (χ1v) is 12.4. The number of hydrogen-bond donors (Lipinski definition) is 3. The second-order valence-corrected chi connectivity index (χ2v) is 9.26. The number of H-pyrrole nitrogens is 1. The molecular weight excluding hydrogens is 478 g/mol. The maximum atomic E-state index is 12.1. The monoisotopic (exact) mass is 505 g/mol. The number of carbonyl (C=O) groups excluding carboxylic acids is 1. The van der Waals surface area contributed by atoms with Gasteiger partial charge < -0.3 is 25.3 Å². The van der Waals surface area contributed by atoms with Crippen LogP contribution in [-0.4, -0.2) is 70.1 Å². The standard InChI is InChI=1S/C26H28ClN7O2/c1-34-13-8-19(9-14-34)31-22-21(27)16-30-25-23(22)32-24(33-25)17-2-4-20(5-3-17)36-15-12-29-26(35)18-6-10-28-11-7-18/h2-7,10-11,16,19H,8-9,12-15H2,1H3,(H,29,35)(H2,30,31,32,33). The predicted octanol–water partition coefficient (Wildman–Crippen LogP) is 3.99. The van der Waals surface area contributed by atoms with E-state index < -0.39 is 0 Å². The van der Waals surface area contributed by atoms with Crippen molar-refractivity contribution in [2.75, 3.05) is 38.6 Å². The molecule has 10 heteroatoms. The molecule has 9 nitrogen and oxygen atoms in total. The lowest BCUT2D eigenvalue weighted by molar-refractivity contribution is 0.0947. The number of likely N-dealkylation sites (tertiary alicyclic amines) is 1. The van der Waals surface area contributed by atoms with Gasteiger partial charge in [0.05, 0.1) is 23.5 Å². The van der Waals surface area contributed by atoms with Crippen molar-refractivity contribution in [2.24, 2.45) is 0 Å². The molecule has 4 aromatic rings. The highest BCUT2D eigenvalue weighted by atomic mass is 35.5. The highest BCUT2D eigenvalue weighted by Gasteiger charge is 2.20. The lowest BCUT2D eigenvalue weighted by Gasteiger charge is -2.30. The minimum atomic E-state index is -0.153. The summed E-state index contributed by atoms with van der Waals surface area (Å²) in [7, 11) is 2.15. The molecule has 0 aliphatic carbocycles. The van der Waals surface area contributed by atoms with Gasteiger partial charge in [-0.05, 0) is 69.4 Å². The molecule has 3 N–H and O–H groups in total. The third-order valence-electron chi connectivity index (χ3n) is 6.27. The average Bonchev–Trinajstić information content (AvgIpc) is 3.35. The van der Waals surface area contributed by atoms with Gasteiger partial charge in [-0.2, -0.15) is 0 Å². The van der Waals surface area contributed by atoms with E-state index in [9.17, 15) is 4.79 Å². The Kier molecular flexibility index (Phi) is 7.29. The van der Waals surface area contributed by atoms with Crippen molar-refractivity contribution >= 4 is 34.4 Å². The number of carbonyl (C=O) groups is 1. The SMILES string of the molecule is CN1CCC(Nc2c(Cl)cnc3nc(-c4ccc(OCCNC(=O)c5ccncc5)cc4)[nH]c23)CC1. The molecule has 0 radical (unpaired) electrons. The second-order valence-electron chi connectivity index (χ2n) is 8.85. The number of halogens is 1. The van der Waals surface area contributed by atoms with Gasteiger partial charge in [0.1, 0.15) is 23.7 Å². The van der Waals surface area contributed by atoms with Gasteiger partial charge in [-0.25, -0.2) is 9.97 Å². The normalized spacial score (nSPS) is 14.6. The summed E-state index contributed by atoms with van der Waals surface area (Å²) >= 11 is 6.51. The molecule has 0 atom stereocenters. The van der Waals surface area contributed by atoms with Crippen molar-refractivity contribution in [1.82, 2.24) is 30.2 Å². The molecule has 1 fully saturated rings. The number of aromatic amines is 1. The number of rotatable bonds is 8. The molecule has 1 amide bonds. The van der Waals surface area contributed by atoms with Crippen molar-refractivity contribution < 1.29 is 9.53 Å². The number of imidazole rings is 1. The van der Waals surface area contributed by atoms with Crippen LogP contribution in [0.1, 0.15) is 23.2 Å². The summed E-state index contributed by atoms with van der Waals surface area (Å²) < 4.78 is 5.77. The van der Waals surface area contributed by atoms with Crippen molar-refractivity contribution in [3.8, 4) is 17.1 Å². The summed E-state index contributed by atoms with van der Waals surface area (Å²) in [6.07, 6.45) is 6.95. The zero-order valence-electron chi connectivity index (χ0n) is 20.0. The summed E-state index contributed by atoms with van der Waals surface area (Å²) in [4.78, 5) is 30.8. The van der Waals surface area contributed by atoms with E-state index in [1.54, 1.807) is 30.7 Å². The van der Waals surface area contributed by atoms with Gasteiger partial charge in [0.15, 0.2) is 5.65 Å². The van der Waals surface area contributed by atoms with E-state index in [4.69, 9.17) is 16.3 Å². The number of piperidine rings is 1. The Morgan fingerprint density at radius 3 is 2.67 bits per heavy atom. The first-order chi connectivity index (χ1) is 17.6. The Hall–Kier alpha value is -3.69. The maximum Gasteiger partial charge on any atom is 0.251 e. The number of nitrogens with one attached hydrogen (secondary N) is 3. The molecule has 0 bridgehead atoms. The Labute approximate surface area is 214 Å². The zero-order chi connectivity index (χ0) is 24.9. The van der Waals surface area contributed by atoms with Crippen LogP contribution in [0, 0.1) is 0 Å². The predicted molar refractivity (Wildman–Crippen MR) is 141 cm³/mol. The number of nitrogens with zero attached hydrogens (tertiary/aromatic N) is 4. The molecular formula is C26H28ClN7O2. The van der Waals surface area contributed by atoms with Crippen LogP contribution in [0.5, 0.6) is 5.75 Å². The number of ether oxygens (including phenoxy) is 1. The molecule has 1 saturated heterocycles. The van der Waals surface area contributed by atoms with Crippen LogP contribution in [0.2, 0.25) is 5.02 Å². The van der Waals surface area contributed by atoms with Gasteiger partial charge in [-0.3, -0.25) is 9.78 Å². The molecule has 3 aromatic heterocycles. The van der Waals surface area contributed by atoms with Crippen molar-refractivity contribution in [2.45, 2.75) is 18.9 Å². The van der Waals surface area contributed by atoms with Crippen LogP contribution in [0.15, 0.2) is 55.0 Å². The Balaban J connectivity index is 1.21. The molecule has 1 aliphatic rings. The fraction of sp³-hybridized carbons (Fsp3) is 0.308. The largest absolute Gasteiger partial charge is 0.492 e. The summed E-state index contributed by atoms with van der Waals surface area (Å²) in [6, 6.07) is 11.3. The van der Waals surface area contributed by atoms with E-state index in [-0.39, 0.29) is 5.91 Å². The summed E-state index contributed by atoms with van der Waals surface area (Å²) in [6.45, 7) is 2.87. The number of hydrogen-bond acceptors (Lipinski definition) is 7. The highest BCUT2D eigenvalue weighted by molar-refractivity contribution is 6.34. The van der Waals surface area contributed by atoms with Crippen LogP contribution >= 0.6 is 11.6 Å². The Morgan fingerprint density at radius 2 is 1.92 bits per heavy atom. The van der Waals surface area contributed by atoms with Gasteiger partial charge in [0, 0.05) is 29.6 Å². The lowest BCUT2D eigenvalue weighted by Crippen LogP contribution is -2.36. The minimum Gasteiger partial charge on any atom is -0.492 e. The zero-order valence-corrected chi connectivity index (χ0v) is 20.8. The summed E-state index contributed by atoms with van der Waals surface area (Å²) in [5.74, 6) is 1.26. The molecule has 0 unspecified atom stereocenters. The number of pyridine rings is 2. The van der Waals surface area contributed by atoms with E-state index in [2.05, 4.69) is 42.5 Å². The fourth-order valence-corrected chi connectivity index (χ4v) is 4.41. The molecule has 4 heterocycles. The molecule has 186 valence electrons. The summed E-state index contributed by atoms with van der Waals surface area (Å²) in [5.41, 5.74) is 3.76. The van der Waals surface area contributed by atoms with Gasteiger partial charge in [-0.15, -0.1) is 0 Å². The van der Waals surface area contributed by atoms with Crippen molar-refractivity contribution in [3.63, 3.8) is 0 Å². The van der Waals surface area contributed by atoms with Crippen LogP contribution in [0.4, 0.5) is 5.69 Å². The van der Waals surface area contributed by atoms with Crippen LogP contribution < -0.4 is 15.4 Å². The molecule has 0 saturated carbocycles. The van der Waals surface area contributed by atoms with E-state index in [0.717, 1.165) is 42.7 Å². The third-order valence-corrected chi connectivity index (χ3v) is 6.55. The molecule has 1 aromatic carbocycles. The minimum absolute atomic E-state index is 0.153. The van der Waals surface area contributed by atoms with Gasteiger partial charge in [0.25, 0.3) is 5.91 Å². The van der Waals surface area contributed by atoms with Crippen molar-refractivity contribution in [3.05, 3.63) is 65.6 Å². The van der Waals surface area contributed by atoms with Gasteiger partial charge in [-0.1, -0.05) is 11.6 Å². The first-order valence-electron chi connectivity index (χ1n) is 12.0. The fourth-order valence-electron chi connectivity index (χ4n) is 4.22. The van der Waals surface area contributed by atoms with Crippen LogP contribution in [0.25, 0.3) is 22.6 Å². The Morgan fingerprint density at radius 1 is 1.17 bits per heavy atom. The maximum absolute atomic E-state index is 12.1.